The molecule has 0 radical (unpaired) electrons. The van der Waals surface area contributed by atoms with Crippen molar-refractivity contribution < 1.29 is 9.53 Å². The minimum Gasteiger partial charge on any atom is -0.383 e. The largest absolute Gasteiger partial charge is 0.383 e. The lowest BCUT2D eigenvalue weighted by atomic mass is 9.81. The first-order chi connectivity index (χ1) is 9.63. The highest BCUT2D eigenvalue weighted by atomic mass is 35.5. The van der Waals surface area contributed by atoms with Gasteiger partial charge in [-0.25, -0.2) is 0 Å². The van der Waals surface area contributed by atoms with Gasteiger partial charge in [-0.05, 0) is 31.1 Å². The van der Waals surface area contributed by atoms with Crippen LogP contribution in [0.2, 0.25) is 5.02 Å². The lowest BCUT2D eigenvalue weighted by Gasteiger charge is -2.27. The van der Waals surface area contributed by atoms with Gasteiger partial charge in [0.05, 0.1) is 24.4 Å². The summed E-state index contributed by atoms with van der Waals surface area (Å²) in [6.07, 6.45) is 4.88. The molecule has 0 aromatic carbocycles. The summed E-state index contributed by atoms with van der Waals surface area (Å²) in [6, 6.07) is -0.0249. The average molecular weight is 298 g/mol. The predicted molar refractivity (Wildman–Crippen MR) is 75.7 cm³/mol. The number of ether oxygens (including phenoxy) is 1. The maximum atomic E-state index is 12.8. The van der Waals surface area contributed by atoms with E-state index in [1.807, 2.05) is 0 Å². The van der Waals surface area contributed by atoms with Crippen LogP contribution in [0.4, 0.5) is 0 Å². The molecule has 4 unspecified atom stereocenters. The minimum atomic E-state index is -0.0933. The van der Waals surface area contributed by atoms with Gasteiger partial charge in [-0.3, -0.25) is 9.48 Å². The number of halogens is 1. The predicted octanol–water partition coefficient (Wildman–Crippen LogP) is 1.74. The summed E-state index contributed by atoms with van der Waals surface area (Å²) in [5, 5.41) is 4.59. The van der Waals surface area contributed by atoms with E-state index < -0.39 is 0 Å². The van der Waals surface area contributed by atoms with Gasteiger partial charge in [0.25, 0.3) is 0 Å². The van der Waals surface area contributed by atoms with E-state index in [-0.39, 0.29) is 17.7 Å². The monoisotopic (exact) mass is 297 g/mol. The quantitative estimate of drug-likeness (QED) is 0.841. The van der Waals surface area contributed by atoms with Gasteiger partial charge in [0, 0.05) is 19.1 Å². The Morgan fingerprint density at radius 2 is 2.30 bits per heavy atom. The third kappa shape index (κ3) is 2.18. The van der Waals surface area contributed by atoms with Crippen LogP contribution >= 0.6 is 11.6 Å². The summed E-state index contributed by atoms with van der Waals surface area (Å²) >= 11 is 6.16. The van der Waals surface area contributed by atoms with Crippen LogP contribution in [-0.2, 0) is 11.3 Å². The number of methoxy groups -OCH3 is 1. The molecule has 0 spiro atoms. The summed E-state index contributed by atoms with van der Waals surface area (Å²) in [6.45, 7) is 1.03. The van der Waals surface area contributed by atoms with Crippen LogP contribution < -0.4 is 5.73 Å². The molecule has 0 amide bonds. The van der Waals surface area contributed by atoms with Gasteiger partial charge in [-0.2, -0.15) is 5.10 Å². The highest BCUT2D eigenvalue weighted by Gasteiger charge is 2.49. The zero-order valence-corrected chi connectivity index (χ0v) is 12.3. The molecule has 2 fully saturated rings. The van der Waals surface area contributed by atoms with Gasteiger partial charge in [-0.1, -0.05) is 11.6 Å². The Balaban J connectivity index is 1.85. The first-order valence-corrected chi connectivity index (χ1v) is 7.51. The zero-order valence-electron chi connectivity index (χ0n) is 11.6. The Morgan fingerprint density at radius 3 is 2.95 bits per heavy atom. The number of hydrogen-bond donors (Lipinski definition) is 1. The van der Waals surface area contributed by atoms with Crippen molar-refractivity contribution in [1.82, 2.24) is 9.78 Å². The Kier molecular flexibility index (Phi) is 3.84. The highest BCUT2D eigenvalue weighted by molar-refractivity contribution is 6.33. The number of carbonyl (C=O) groups excluding carboxylic acids is 1. The van der Waals surface area contributed by atoms with Gasteiger partial charge in [-0.15, -0.1) is 0 Å². The maximum absolute atomic E-state index is 12.8. The molecule has 0 aliphatic heterocycles. The third-order valence-electron chi connectivity index (χ3n) is 4.82. The molecule has 2 N–H and O–H groups in total. The van der Waals surface area contributed by atoms with Crippen molar-refractivity contribution in [3.05, 3.63) is 16.9 Å². The van der Waals surface area contributed by atoms with Gasteiger partial charge >= 0.3 is 0 Å². The van der Waals surface area contributed by atoms with Crippen molar-refractivity contribution in [2.45, 2.75) is 31.8 Å². The van der Waals surface area contributed by atoms with Gasteiger partial charge < -0.3 is 10.5 Å². The molecular formula is C14H20ClN3O2. The van der Waals surface area contributed by atoms with Crippen LogP contribution in [0.1, 0.15) is 29.8 Å². The molecule has 0 saturated heterocycles. The lowest BCUT2D eigenvalue weighted by Crippen LogP contribution is -2.41. The topological polar surface area (TPSA) is 70.1 Å². The van der Waals surface area contributed by atoms with Gasteiger partial charge in [0.15, 0.2) is 5.78 Å². The van der Waals surface area contributed by atoms with E-state index in [1.165, 1.54) is 6.20 Å². The van der Waals surface area contributed by atoms with Gasteiger partial charge in [0.2, 0.25) is 0 Å². The Hall–Kier alpha value is -0.910. The van der Waals surface area contributed by atoms with Crippen LogP contribution in [0.5, 0.6) is 0 Å². The third-order valence-corrected chi connectivity index (χ3v) is 5.10. The number of nitrogens with two attached hydrogens (primary N) is 1. The van der Waals surface area contributed by atoms with Crippen molar-refractivity contribution in [2.75, 3.05) is 13.7 Å². The van der Waals surface area contributed by atoms with Crippen LogP contribution in [0.15, 0.2) is 6.20 Å². The van der Waals surface area contributed by atoms with E-state index in [0.717, 1.165) is 19.3 Å². The van der Waals surface area contributed by atoms with Crippen LogP contribution in [-0.4, -0.2) is 35.3 Å². The molecule has 2 bridgehead atoms. The summed E-state index contributed by atoms with van der Waals surface area (Å²) in [4.78, 5) is 12.8. The number of nitrogens with zero attached hydrogens (tertiary/aromatic N) is 2. The normalized spacial score (nSPS) is 31.9. The fraction of sp³-hybridized carbons (Fsp3) is 0.714. The second-order valence-electron chi connectivity index (χ2n) is 5.86. The molecule has 5 nitrogen and oxygen atoms in total. The first-order valence-electron chi connectivity index (χ1n) is 7.13. The first kappa shape index (κ1) is 14.0. The van der Waals surface area contributed by atoms with E-state index in [0.29, 0.717) is 35.7 Å². The Labute approximate surface area is 123 Å². The second kappa shape index (κ2) is 5.47. The molecule has 1 aromatic heterocycles. The number of carbonyl (C=O) groups is 1. The minimum absolute atomic E-state index is 0.0249. The average Bonchev–Trinajstić information content (AvgIpc) is 3.10. The standard InChI is InChI=1S/C14H20ClN3O2/c1-20-5-4-18-13(10(15)7-17-18)14(19)11-8-2-3-9(6-8)12(11)16/h7-9,11-12H,2-6,16H2,1H3. The highest BCUT2D eigenvalue weighted by Crippen LogP contribution is 2.48. The van der Waals surface area contributed by atoms with Crippen LogP contribution in [0.3, 0.4) is 0 Å². The molecule has 1 heterocycles. The SMILES string of the molecule is COCCn1ncc(Cl)c1C(=O)C1C2CCC(C2)C1N. The van der Waals surface area contributed by atoms with E-state index in [1.54, 1.807) is 11.8 Å². The Morgan fingerprint density at radius 1 is 1.55 bits per heavy atom. The molecule has 4 atom stereocenters. The van der Waals surface area contributed by atoms with E-state index in [9.17, 15) is 4.79 Å². The van der Waals surface area contributed by atoms with Crippen molar-refractivity contribution in [3.8, 4) is 0 Å². The van der Waals surface area contributed by atoms with Gasteiger partial charge in [0.1, 0.15) is 5.69 Å². The summed E-state index contributed by atoms with van der Waals surface area (Å²) < 4.78 is 6.69. The van der Waals surface area contributed by atoms with Crippen molar-refractivity contribution >= 4 is 17.4 Å². The van der Waals surface area contributed by atoms with Crippen LogP contribution in [0, 0.1) is 17.8 Å². The van der Waals surface area contributed by atoms with E-state index >= 15 is 0 Å². The Bertz CT molecular complexity index is 515. The number of rotatable bonds is 5. The molecule has 2 aliphatic carbocycles. The smallest absolute Gasteiger partial charge is 0.187 e. The summed E-state index contributed by atoms with van der Waals surface area (Å²) in [5.74, 6) is 0.889. The summed E-state index contributed by atoms with van der Waals surface area (Å²) in [7, 11) is 1.62. The van der Waals surface area contributed by atoms with E-state index in [2.05, 4.69) is 5.10 Å². The van der Waals surface area contributed by atoms with Crippen molar-refractivity contribution in [2.24, 2.45) is 23.5 Å². The molecule has 2 aliphatic rings. The molecule has 1 aromatic rings. The van der Waals surface area contributed by atoms with Crippen LogP contribution in [0.25, 0.3) is 0 Å². The molecule has 2 saturated carbocycles. The number of fused-ring (bicyclic) bond motifs is 2. The molecule has 20 heavy (non-hydrogen) atoms. The number of aromatic nitrogens is 2. The molecule has 3 rings (SSSR count). The lowest BCUT2D eigenvalue weighted by molar-refractivity contribution is 0.0841. The van der Waals surface area contributed by atoms with E-state index in [4.69, 9.17) is 22.1 Å². The molecular weight excluding hydrogens is 278 g/mol. The zero-order chi connectivity index (χ0) is 14.3. The number of ketones is 1. The number of hydrogen-bond acceptors (Lipinski definition) is 4. The fourth-order valence-electron chi connectivity index (χ4n) is 3.84. The second-order valence-corrected chi connectivity index (χ2v) is 6.26. The molecule has 6 heteroatoms. The number of Topliss-reactive ketones (excluding diaryl/α,β-unsaturated/α-hetero) is 1. The fourth-order valence-corrected chi connectivity index (χ4v) is 4.07. The van der Waals surface area contributed by atoms with Crippen molar-refractivity contribution in [1.29, 1.82) is 0 Å². The van der Waals surface area contributed by atoms with Crippen molar-refractivity contribution in [3.63, 3.8) is 0 Å². The summed E-state index contributed by atoms with van der Waals surface area (Å²) in [5.41, 5.74) is 6.75. The maximum Gasteiger partial charge on any atom is 0.187 e. The molecule has 110 valence electrons.